The number of hydrogen-bond donors (Lipinski definition) is 1. The van der Waals surface area contributed by atoms with Gasteiger partial charge in [0.2, 0.25) is 0 Å². The lowest BCUT2D eigenvalue weighted by atomic mass is 10.2. The van der Waals surface area contributed by atoms with Crippen LogP contribution in [0.4, 0.5) is 0 Å². The summed E-state index contributed by atoms with van der Waals surface area (Å²) in [6, 6.07) is 18.2. The smallest absolute Gasteiger partial charge is 0.166 e. The van der Waals surface area contributed by atoms with E-state index in [2.05, 4.69) is 46.1 Å². The van der Waals surface area contributed by atoms with Crippen molar-refractivity contribution >= 4 is 34.4 Å². The maximum Gasteiger partial charge on any atom is 0.166 e. The van der Waals surface area contributed by atoms with E-state index in [1.165, 1.54) is 15.3 Å². The molecule has 3 heterocycles. The maximum atomic E-state index is 8.88. The molecule has 3 nitrogen and oxygen atoms in total. The molecule has 0 atom stereocenters. The number of aromatic amines is 1. The van der Waals surface area contributed by atoms with Crippen molar-refractivity contribution < 1.29 is 0 Å². The summed E-state index contributed by atoms with van der Waals surface area (Å²) in [7, 11) is 0. The molecule has 25 heavy (non-hydrogen) atoms. The highest BCUT2D eigenvalue weighted by Gasteiger charge is 2.16. The fraction of sp³-hybridized carbons (Fsp3) is 0.0526. The fourth-order valence-electron chi connectivity index (χ4n) is 2.44. The number of aromatic nitrogens is 2. The first kappa shape index (κ1) is 16.2. The number of nitrogens with zero attached hydrogens (tertiary/aromatic N) is 2. The molecule has 1 N–H and O–H groups in total. The van der Waals surface area contributed by atoms with Gasteiger partial charge in [-0.1, -0.05) is 36.0 Å². The van der Waals surface area contributed by atoms with Crippen LogP contribution in [0.5, 0.6) is 0 Å². The number of nitriles is 1. The molecule has 3 aromatic heterocycles. The van der Waals surface area contributed by atoms with Crippen molar-refractivity contribution in [2.24, 2.45) is 0 Å². The third kappa shape index (κ3) is 3.54. The van der Waals surface area contributed by atoms with Crippen molar-refractivity contribution in [1.29, 1.82) is 5.26 Å². The third-order valence-corrected chi connectivity index (χ3v) is 6.37. The average molecular weight is 380 g/mol. The van der Waals surface area contributed by atoms with E-state index in [0.717, 1.165) is 22.3 Å². The Balaban J connectivity index is 1.60. The predicted molar refractivity (Wildman–Crippen MR) is 106 cm³/mol. The highest BCUT2D eigenvalue weighted by Crippen LogP contribution is 2.37. The Kier molecular flexibility index (Phi) is 4.70. The van der Waals surface area contributed by atoms with E-state index < -0.39 is 0 Å². The summed E-state index contributed by atoms with van der Waals surface area (Å²) in [5.41, 5.74) is 3.96. The van der Waals surface area contributed by atoms with E-state index >= 15 is 0 Å². The minimum atomic E-state index is 0.687. The summed E-state index contributed by atoms with van der Waals surface area (Å²) in [4.78, 5) is 10.7. The number of imidazole rings is 1. The Hall–Kier alpha value is -2.33. The van der Waals surface area contributed by atoms with Crippen molar-refractivity contribution in [2.45, 2.75) is 10.9 Å². The molecule has 4 aromatic rings. The zero-order valence-electron chi connectivity index (χ0n) is 13.1. The number of H-pyrrole nitrogens is 1. The zero-order valence-corrected chi connectivity index (χ0v) is 15.5. The Morgan fingerprint density at radius 3 is 2.36 bits per heavy atom. The molecule has 0 spiro atoms. The summed E-state index contributed by atoms with van der Waals surface area (Å²) in [6.45, 7) is 0. The van der Waals surface area contributed by atoms with Crippen molar-refractivity contribution in [3.8, 4) is 27.2 Å². The van der Waals surface area contributed by atoms with Gasteiger partial charge in [-0.25, -0.2) is 4.98 Å². The lowest BCUT2D eigenvalue weighted by Gasteiger charge is -1.99. The molecule has 0 aliphatic carbocycles. The van der Waals surface area contributed by atoms with Gasteiger partial charge in [0.25, 0.3) is 0 Å². The third-order valence-electron chi connectivity index (χ3n) is 3.66. The SMILES string of the molecule is N#Cc1ccc(CSc2nc(-c3cccs3)c(-c3cccs3)[nH]2)cc1. The summed E-state index contributed by atoms with van der Waals surface area (Å²) < 4.78 is 0. The van der Waals surface area contributed by atoms with Crippen LogP contribution >= 0.6 is 34.4 Å². The minimum Gasteiger partial charge on any atom is -0.332 e. The van der Waals surface area contributed by atoms with Gasteiger partial charge in [0.15, 0.2) is 5.16 Å². The number of thiophene rings is 2. The average Bonchev–Trinajstić information content (AvgIpc) is 3.41. The van der Waals surface area contributed by atoms with Crippen molar-refractivity contribution in [1.82, 2.24) is 9.97 Å². The van der Waals surface area contributed by atoms with Crippen molar-refractivity contribution in [3.63, 3.8) is 0 Å². The zero-order chi connectivity index (χ0) is 17.1. The molecule has 0 fully saturated rings. The molecule has 4 rings (SSSR count). The van der Waals surface area contributed by atoms with Gasteiger partial charge >= 0.3 is 0 Å². The molecule has 0 bridgehead atoms. The van der Waals surface area contributed by atoms with Gasteiger partial charge in [0.1, 0.15) is 5.69 Å². The van der Waals surface area contributed by atoms with Gasteiger partial charge in [-0.15, -0.1) is 22.7 Å². The second-order valence-corrected chi connectivity index (χ2v) is 8.18. The Morgan fingerprint density at radius 1 is 1.00 bits per heavy atom. The van der Waals surface area contributed by atoms with Crippen molar-refractivity contribution in [2.75, 3.05) is 0 Å². The maximum absolute atomic E-state index is 8.88. The lowest BCUT2D eigenvalue weighted by molar-refractivity contribution is 1.06. The van der Waals surface area contributed by atoms with Crippen LogP contribution in [0.15, 0.2) is 64.4 Å². The molecule has 0 saturated heterocycles. The molecule has 1 aromatic carbocycles. The molecule has 0 aliphatic rings. The van der Waals surface area contributed by atoms with Crippen LogP contribution in [-0.2, 0) is 5.75 Å². The summed E-state index contributed by atoms with van der Waals surface area (Å²) in [5.74, 6) is 0.812. The van der Waals surface area contributed by atoms with Gasteiger partial charge in [-0.3, -0.25) is 0 Å². The van der Waals surface area contributed by atoms with Gasteiger partial charge in [-0.05, 0) is 40.6 Å². The van der Waals surface area contributed by atoms with E-state index in [-0.39, 0.29) is 0 Å². The molecule has 122 valence electrons. The lowest BCUT2D eigenvalue weighted by Crippen LogP contribution is -1.83. The van der Waals surface area contributed by atoms with Crippen LogP contribution < -0.4 is 0 Å². The Bertz CT molecular complexity index is 940. The number of hydrogen-bond acceptors (Lipinski definition) is 5. The van der Waals surface area contributed by atoms with Crippen LogP contribution in [0.2, 0.25) is 0 Å². The van der Waals surface area contributed by atoms with Crippen molar-refractivity contribution in [3.05, 3.63) is 70.4 Å². The Labute approximate surface area is 158 Å². The molecular formula is C19H13N3S3. The number of rotatable bonds is 5. The van der Waals surface area contributed by atoms with Gasteiger partial charge in [0, 0.05) is 5.75 Å². The topological polar surface area (TPSA) is 52.5 Å². The van der Waals surface area contributed by atoms with E-state index in [0.29, 0.717) is 5.56 Å². The molecule has 0 amide bonds. The van der Waals surface area contributed by atoms with Crippen LogP contribution in [0.1, 0.15) is 11.1 Å². The first-order valence-electron chi connectivity index (χ1n) is 7.63. The van der Waals surface area contributed by atoms with E-state index in [4.69, 9.17) is 10.2 Å². The van der Waals surface area contributed by atoms with E-state index in [1.54, 1.807) is 34.4 Å². The summed E-state index contributed by atoms with van der Waals surface area (Å²) in [6.07, 6.45) is 0. The molecule has 0 aliphatic heterocycles. The molecular weight excluding hydrogens is 366 g/mol. The van der Waals surface area contributed by atoms with Gasteiger partial charge < -0.3 is 4.98 Å². The monoisotopic (exact) mass is 379 g/mol. The summed E-state index contributed by atoms with van der Waals surface area (Å²) in [5, 5.41) is 14.0. The molecule has 6 heteroatoms. The molecule has 0 radical (unpaired) electrons. The normalized spacial score (nSPS) is 10.7. The first-order chi connectivity index (χ1) is 12.3. The Morgan fingerprint density at radius 2 is 1.72 bits per heavy atom. The number of nitrogens with one attached hydrogen (secondary N) is 1. The second-order valence-electron chi connectivity index (χ2n) is 5.32. The number of thioether (sulfide) groups is 1. The second kappa shape index (κ2) is 7.28. The van der Waals surface area contributed by atoms with Crippen LogP contribution in [0.3, 0.4) is 0 Å². The van der Waals surface area contributed by atoms with Crippen LogP contribution in [0.25, 0.3) is 21.1 Å². The number of benzene rings is 1. The van der Waals surface area contributed by atoms with E-state index in [1.807, 2.05) is 24.3 Å². The van der Waals surface area contributed by atoms with Gasteiger partial charge in [0.05, 0.1) is 27.1 Å². The predicted octanol–water partition coefficient (Wildman–Crippen LogP) is 6.03. The van der Waals surface area contributed by atoms with Crippen LogP contribution in [0, 0.1) is 11.3 Å². The first-order valence-corrected chi connectivity index (χ1v) is 10.4. The van der Waals surface area contributed by atoms with E-state index in [9.17, 15) is 0 Å². The summed E-state index contributed by atoms with van der Waals surface area (Å²) >= 11 is 5.09. The minimum absolute atomic E-state index is 0.687. The van der Waals surface area contributed by atoms with Gasteiger partial charge in [-0.2, -0.15) is 5.26 Å². The highest BCUT2D eigenvalue weighted by atomic mass is 32.2. The quantitative estimate of drug-likeness (QED) is 0.431. The molecule has 0 unspecified atom stereocenters. The standard InChI is InChI=1S/C19H13N3S3/c20-11-13-5-7-14(8-6-13)12-25-19-21-17(15-3-1-9-23-15)18(22-19)16-4-2-10-24-16/h1-10H,12H2,(H,21,22). The largest absolute Gasteiger partial charge is 0.332 e. The van der Waals surface area contributed by atoms with Crippen LogP contribution in [-0.4, -0.2) is 9.97 Å². The fourth-order valence-corrected chi connectivity index (χ4v) is 4.71. The molecule has 0 saturated carbocycles. The highest BCUT2D eigenvalue weighted by molar-refractivity contribution is 7.98.